The highest BCUT2D eigenvalue weighted by Crippen LogP contribution is 2.23. The number of hydrogen-bond acceptors (Lipinski definition) is 5. The number of piperidine rings is 1. The van der Waals surface area contributed by atoms with Crippen LogP contribution in [0.1, 0.15) is 39.3 Å². The first-order valence-electron chi connectivity index (χ1n) is 8.90. The summed E-state index contributed by atoms with van der Waals surface area (Å²) in [4.78, 5) is 23.1. The second kappa shape index (κ2) is 7.39. The first-order valence-corrected chi connectivity index (χ1v) is 9.69. The van der Waals surface area contributed by atoms with Crippen molar-refractivity contribution in [1.29, 1.82) is 0 Å². The van der Waals surface area contributed by atoms with Gasteiger partial charge in [-0.2, -0.15) is 0 Å². The lowest BCUT2D eigenvalue weighted by molar-refractivity contribution is 0.0210. The Kier molecular flexibility index (Phi) is 5.37. The van der Waals surface area contributed by atoms with Crippen LogP contribution in [0, 0.1) is 6.92 Å². The van der Waals surface area contributed by atoms with E-state index >= 15 is 0 Å². The molecule has 0 unspecified atom stereocenters. The van der Waals surface area contributed by atoms with Crippen LogP contribution in [0.25, 0.3) is 10.9 Å². The molecule has 3 rings (SSSR count). The third kappa shape index (κ3) is 4.63. The molecule has 1 N–H and O–H groups in total. The molecule has 7 heteroatoms. The van der Waals surface area contributed by atoms with E-state index in [1.165, 1.54) is 0 Å². The standard InChI is InChI=1S/C19H25BrN4O2/c1-12-15-11-13(20)5-6-16(15)23-17(21-12)22-14-7-9-24(10-8-14)18(25)26-19(2,3)4/h5-6,11,14H,7-10H2,1-4H3,(H,21,22,23). The number of carbonyl (C=O) groups excluding carboxylic acids is 1. The van der Waals surface area contributed by atoms with E-state index in [1.807, 2.05) is 45.9 Å². The van der Waals surface area contributed by atoms with Gasteiger partial charge in [0.15, 0.2) is 0 Å². The summed E-state index contributed by atoms with van der Waals surface area (Å²) in [5.74, 6) is 0.646. The predicted molar refractivity (Wildman–Crippen MR) is 106 cm³/mol. The molecule has 0 saturated carbocycles. The fraction of sp³-hybridized carbons (Fsp3) is 0.526. The number of aromatic nitrogens is 2. The van der Waals surface area contributed by atoms with Crippen molar-refractivity contribution in [3.8, 4) is 0 Å². The van der Waals surface area contributed by atoms with E-state index in [1.54, 1.807) is 4.90 Å². The van der Waals surface area contributed by atoms with E-state index < -0.39 is 5.60 Å². The minimum atomic E-state index is -0.461. The van der Waals surface area contributed by atoms with Crippen LogP contribution in [-0.2, 0) is 4.74 Å². The molecule has 1 saturated heterocycles. The van der Waals surface area contributed by atoms with Gasteiger partial charge in [-0.3, -0.25) is 0 Å². The molecule has 2 aromatic rings. The molecule has 0 radical (unpaired) electrons. The molecule has 1 aliphatic heterocycles. The Hall–Kier alpha value is -1.89. The third-order valence-corrected chi connectivity index (χ3v) is 4.82. The molecular formula is C19H25BrN4O2. The smallest absolute Gasteiger partial charge is 0.410 e. The van der Waals surface area contributed by atoms with E-state index in [4.69, 9.17) is 4.74 Å². The van der Waals surface area contributed by atoms with Gasteiger partial charge >= 0.3 is 6.09 Å². The molecule has 1 aliphatic rings. The SMILES string of the molecule is Cc1nc(NC2CCN(C(=O)OC(C)(C)C)CC2)nc2ccc(Br)cc12. The van der Waals surface area contributed by atoms with Crippen molar-refractivity contribution in [2.24, 2.45) is 0 Å². The lowest BCUT2D eigenvalue weighted by atomic mass is 10.1. The lowest BCUT2D eigenvalue weighted by Crippen LogP contribution is -2.44. The molecule has 2 heterocycles. The van der Waals surface area contributed by atoms with Gasteiger partial charge in [-0.25, -0.2) is 14.8 Å². The maximum atomic E-state index is 12.2. The van der Waals surface area contributed by atoms with Crippen molar-refractivity contribution in [3.05, 3.63) is 28.4 Å². The van der Waals surface area contributed by atoms with Gasteiger partial charge in [-0.15, -0.1) is 0 Å². The fourth-order valence-electron chi connectivity index (χ4n) is 3.03. The minimum absolute atomic E-state index is 0.237. The van der Waals surface area contributed by atoms with E-state index in [2.05, 4.69) is 31.2 Å². The number of halogens is 1. The Morgan fingerprint density at radius 3 is 2.62 bits per heavy atom. The van der Waals surface area contributed by atoms with Gasteiger partial charge in [0.25, 0.3) is 0 Å². The van der Waals surface area contributed by atoms with Gasteiger partial charge in [0.05, 0.1) is 11.2 Å². The van der Waals surface area contributed by atoms with Gasteiger partial charge < -0.3 is 15.0 Å². The van der Waals surface area contributed by atoms with Crippen molar-refractivity contribution in [2.45, 2.75) is 52.2 Å². The Morgan fingerprint density at radius 2 is 1.96 bits per heavy atom. The number of aryl methyl sites for hydroxylation is 1. The van der Waals surface area contributed by atoms with Crippen LogP contribution in [0.4, 0.5) is 10.7 Å². The molecular weight excluding hydrogens is 396 g/mol. The number of nitrogens with one attached hydrogen (secondary N) is 1. The number of carbonyl (C=O) groups is 1. The average molecular weight is 421 g/mol. The number of anilines is 1. The van der Waals surface area contributed by atoms with E-state index in [0.29, 0.717) is 19.0 Å². The number of ether oxygens (including phenoxy) is 1. The summed E-state index contributed by atoms with van der Waals surface area (Å²) < 4.78 is 6.46. The predicted octanol–water partition coefficient (Wildman–Crippen LogP) is 4.51. The van der Waals surface area contributed by atoms with Crippen LogP contribution in [0.3, 0.4) is 0 Å². The summed E-state index contributed by atoms with van der Waals surface area (Å²) >= 11 is 3.49. The number of likely N-dealkylation sites (tertiary alicyclic amines) is 1. The molecule has 140 valence electrons. The topological polar surface area (TPSA) is 67.4 Å². The maximum Gasteiger partial charge on any atom is 0.410 e. The van der Waals surface area contributed by atoms with Gasteiger partial charge in [0, 0.05) is 29.0 Å². The Labute approximate surface area is 162 Å². The zero-order valence-corrected chi connectivity index (χ0v) is 17.3. The van der Waals surface area contributed by atoms with Crippen molar-refractivity contribution < 1.29 is 9.53 Å². The van der Waals surface area contributed by atoms with Crippen molar-refractivity contribution >= 4 is 38.9 Å². The monoisotopic (exact) mass is 420 g/mol. The van der Waals surface area contributed by atoms with Gasteiger partial charge in [0.2, 0.25) is 5.95 Å². The maximum absolute atomic E-state index is 12.2. The van der Waals surface area contributed by atoms with Crippen LogP contribution in [0.15, 0.2) is 22.7 Å². The van der Waals surface area contributed by atoms with Gasteiger partial charge in [-0.1, -0.05) is 15.9 Å². The molecule has 1 fully saturated rings. The summed E-state index contributed by atoms with van der Waals surface area (Å²) in [5, 5.41) is 4.47. The van der Waals surface area contributed by atoms with E-state index in [9.17, 15) is 4.79 Å². The van der Waals surface area contributed by atoms with Gasteiger partial charge in [0.1, 0.15) is 5.60 Å². The summed E-state index contributed by atoms with van der Waals surface area (Å²) in [7, 11) is 0. The molecule has 1 aromatic heterocycles. The zero-order chi connectivity index (χ0) is 18.9. The van der Waals surface area contributed by atoms with Crippen molar-refractivity contribution in [3.63, 3.8) is 0 Å². The lowest BCUT2D eigenvalue weighted by Gasteiger charge is -2.33. The van der Waals surface area contributed by atoms with Gasteiger partial charge in [-0.05, 0) is 58.7 Å². The molecule has 1 aromatic carbocycles. The highest BCUT2D eigenvalue weighted by Gasteiger charge is 2.27. The van der Waals surface area contributed by atoms with Crippen LogP contribution in [0.5, 0.6) is 0 Å². The average Bonchev–Trinajstić information content (AvgIpc) is 2.55. The van der Waals surface area contributed by atoms with E-state index in [-0.39, 0.29) is 12.1 Å². The van der Waals surface area contributed by atoms with Crippen LogP contribution >= 0.6 is 15.9 Å². The Balaban J connectivity index is 1.62. The molecule has 0 bridgehead atoms. The van der Waals surface area contributed by atoms with E-state index in [0.717, 1.165) is 33.9 Å². The number of nitrogens with zero attached hydrogens (tertiary/aromatic N) is 3. The first-order chi connectivity index (χ1) is 12.2. The largest absolute Gasteiger partial charge is 0.444 e. The number of fused-ring (bicyclic) bond motifs is 1. The summed E-state index contributed by atoms with van der Waals surface area (Å²) in [6.45, 7) is 9.00. The Morgan fingerprint density at radius 1 is 1.27 bits per heavy atom. The summed E-state index contributed by atoms with van der Waals surface area (Å²) in [6, 6.07) is 6.26. The second-order valence-electron chi connectivity index (χ2n) is 7.68. The zero-order valence-electron chi connectivity index (χ0n) is 15.7. The first kappa shape index (κ1) is 18.9. The normalized spacial score (nSPS) is 16.0. The molecule has 1 amide bonds. The highest BCUT2D eigenvalue weighted by atomic mass is 79.9. The van der Waals surface area contributed by atoms with Crippen LogP contribution in [0.2, 0.25) is 0 Å². The highest BCUT2D eigenvalue weighted by molar-refractivity contribution is 9.10. The quantitative estimate of drug-likeness (QED) is 0.773. The number of benzene rings is 1. The summed E-state index contributed by atoms with van der Waals surface area (Å²) in [5.41, 5.74) is 1.41. The Bertz CT molecular complexity index is 811. The molecule has 0 spiro atoms. The summed E-state index contributed by atoms with van der Waals surface area (Å²) in [6.07, 6.45) is 1.46. The second-order valence-corrected chi connectivity index (χ2v) is 8.60. The molecule has 0 atom stereocenters. The van der Waals surface area contributed by atoms with Crippen LogP contribution < -0.4 is 5.32 Å². The van der Waals surface area contributed by atoms with Crippen molar-refractivity contribution in [1.82, 2.24) is 14.9 Å². The minimum Gasteiger partial charge on any atom is -0.444 e. The molecule has 6 nitrogen and oxygen atoms in total. The number of rotatable bonds is 2. The third-order valence-electron chi connectivity index (χ3n) is 4.33. The van der Waals surface area contributed by atoms with Crippen LogP contribution in [-0.4, -0.2) is 45.7 Å². The van der Waals surface area contributed by atoms with Crippen molar-refractivity contribution in [2.75, 3.05) is 18.4 Å². The fourth-order valence-corrected chi connectivity index (χ4v) is 3.39. The number of hydrogen-bond donors (Lipinski definition) is 1. The molecule has 0 aliphatic carbocycles. The molecule has 26 heavy (non-hydrogen) atoms. The number of amides is 1.